The Bertz CT molecular complexity index is 643. The summed E-state index contributed by atoms with van der Waals surface area (Å²) in [7, 11) is 2.11. The zero-order chi connectivity index (χ0) is 18.1. The molecule has 0 spiro atoms. The van der Waals surface area contributed by atoms with Crippen molar-refractivity contribution in [1.82, 2.24) is 4.90 Å². The van der Waals surface area contributed by atoms with E-state index in [1.807, 2.05) is 0 Å². The monoisotopic (exact) mass is 372 g/mol. The summed E-state index contributed by atoms with van der Waals surface area (Å²) in [6, 6.07) is 6.49. The topological polar surface area (TPSA) is 48.5 Å². The lowest BCUT2D eigenvalue weighted by Gasteiger charge is -2.60. The van der Waals surface area contributed by atoms with E-state index in [-0.39, 0.29) is 11.4 Å². The highest BCUT2D eigenvalue weighted by atomic mass is 32.1. The summed E-state index contributed by atoms with van der Waals surface area (Å²) < 4.78 is 0. The Kier molecular flexibility index (Phi) is 5.07. The van der Waals surface area contributed by atoms with Crippen LogP contribution in [-0.2, 0) is 11.3 Å². The van der Waals surface area contributed by atoms with Gasteiger partial charge in [-0.2, -0.15) is 5.26 Å². The highest BCUT2D eigenvalue weighted by Crippen LogP contribution is 2.57. The van der Waals surface area contributed by atoms with Crippen LogP contribution in [0.3, 0.4) is 0 Å². The number of nitrogens with one attached hydrogen (secondary N) is 1. The quantitative estimate of drug-likeness (QED) is 0.799. The van der Waals surface area contributed by atoms with E-state index in [1.165, 1.54) is 48.3 Å². The van der Waals surface area contributed by atoms with Gasteiger partial charge in [-0.3, -0.25) is 4.79 Å². The van der Waals surface area contributed by atoms with E-state index in [0.717, 1.165) is 24.3 Å². The predicted octanol–water partition coefficient (Wildman–Crippen LogP) is 2.47. The van der Waals surface area contributed by atoms with Crippen molar-refractivity contribution >= 4 is 17.2 Å². The molecule has 0 saturated heterocycles. The third-order valence-corrected chi connectivity index (χ3v) is 7.71. The van der Waals surface area contributed by atoms with Crippen LogP contribution in [0.2, 0.25) is 0 Å². The molecule has 0 aromatic carbocycles. The van der Waals surface area contributed by atoms with Gasteiger partial charge in [0, 0.05) is 12.1 Å². The van der Waals surface area contributed by atoms with Gasteiger partial charge in [-0.25, -0.2) is 0 Å². The van der Waals surface area contributed by atoms with Crippen LogP contribution < -0.4 is 4.90 Å². The largest absolute Gasteiger partial charge is 0.331 e. The number of amides is 1. The number of thiophene rings is 1. The fraction of sp³-hybridized carbons (Fsp3) is 0.714. The van der Waals surface area contributed by atoms with E-state index in [0.29, 0.717) is 19.5 Å². The zero-order valence-corrected chi connectivity index (χ0v) is 16.6. The van der Waals surface area contributed by atoms with E-state index in [2.05, 4.69) is 35.5 Å². The molecule has 140 valence electrons. The molecule has 1 N–H and O–H groups in total. The normalized spacial score (nSPS) is 33.0. The molecule has 1 atom stereocenters. The Labute approximate surface area is 160 Å². The number of carbonyl (C=O) groups is 1. The minimum Gasteiger partial charge on any atom is -0.331 e. The molecule has 5 rings (SSSR count). The van der Waals surface area contributed by atoms with E-state index in [9.17, 15) is 4.79 Å². The molecule has 4 aliphatic rings. The Morgan fingerprint density at radius 2 is 1.96 bits per heavy atom. The molecule has 0 aliphatic heterocycles. The maximum absolute atomic E-state index is 13.3. The van der Waals surface area contributed by atoms with Crippen LogP contribution in [0.4, 0.5) is 0 Å². The van der Waals surface area contributed by atoms with Crippen LogP contribution in [0.5, 0.6) is 0 Å². The van der Waals surface area contributed by atoms with Crippen molar-refractivity contribution in [2.24, 2.45) is 17.8 Å². The number of likely N-dealkylation sites (N-methyl/N-ethyl adjacent to an activating group) is 1. The number of hydrogen-bond acceptors (Lipinski definition) is 3. The Hall–Kier alpha value is -1.38. The lowest BCUT2D eigenvalue weighted by Crippen LogP contribution is -3.09. The van der Waals surface area contributed by atoms with Crippen LogP contribution in [0, 0.1) is 29.1 Å². The molecule has 1 unspecified atom stereocenters. The molecule has 1 aromatic heterocycles. The molecule has 4 nitrogen and oxygen atoms in total. The van der Waals surface area contributed by atoms with Crippen molar-refractivity contribution in [2.45, 2.75) is 57.0 Å². The van der Waals surface area contributed by atoms with Gasteiger partial charge in [-0.15, -0.1) is 11.3 Å². The molecule has 5 heteroatoms. The van der Waals surface area contributed by atoms with Crippen molar-refractivity contribution in [2.75, 3.05) is 20.1 Å². The first-order valence-electron chi connectivity index (χ1n) is 10.1. The van der Waals surface area contributed by atoms with Crippen molar-refractivity contribution < 1.29 is 9.69 Å². The third-order valence-electron chi connectivity index (χ3n) is 6.84. The van der Waals surface area contributed by atoms with Crippen LogP contribution in [-0.4, -0.2) is 36.5 Å². The molecule has 4 fully saturated rings. The van der Waals surface area contributed by atoms with E-state index in [4.69, 9.17) is 5.26 Å². The van der Waals surface area contributed by atoms with E-state index >= 15 is 0 Å². The molecule has 4 saturated carbocycles. The van der Waals surface area contributed by atoms with Gasteiger partial charge in [0.1, 0.15) is 6.54 Å². The molecule has 26 heavy (non-hydrogen) atoms. The maximum Gasteiger partial charge on any atom is 0.278 e. The number of nitriles is 1. The summed E-state index contributed by atoms with van der Waals surface area (Å²) in [5.41, 5.74) is 0.0614. The number of rotatable bonds is 7. The van der Waals surface area contributed by atoms with Gasteiger partial charge < -0.3 is 9.80 Å². The molecule has 4 bridgehead atoms. The summed E-state index contributed by atoms with van der Waals surface area (Å²) >= 11 is 1.76. The summed E-state index contributed by atoms with van der Waals surface area (Å²) in [5.74, 6) is 2.70. The van der Waals surface area contributed by atoms with Crippen molar-refractivity contribution in [3.63, 3.8) is 0 Å². The van der Waals surface area contributed by atoms with Gasteiger partial charge in [0.2, 0.25) is 0 Å². The highest BCUT2D eigenvalue weighted by molar-refractivity contribution is 7.09. The summed E-state index contributed by atoms with van der Waals surface area (Å²) in [5, 5.41) is 11.2. The second-order valence-electron chi connectivity index (χ2n) is 8.99. The van der Waals surface area contributed by atoms with Crippen LogP contribution in [0.15, 0.2) is 17.5 Å². The second-order valence-corrected chi connectivity index (χ2v) is 10.0. The molecule has 4 aliphatic carbocycles. The van der Waals surface area contributed by atoms with Gasteiger partial charge >= 0.3 is 0 Å². The number of nitrogens with zero attached hydrogens (tertiary/aromatic N) is 2. The van der Waals surface area contributed by atoms with Crippen molar-refractivity contribution in [1.29, 1.82) is 5.26 Å². The maximum atomic E-state index is 13.3. The second kappa shape index (κ2) is 7.32. The predicted molar refractivity (Wildman–Crippen MR) is 103 cm³/mol. The first-order chi connectivity index (χ1) is 12.6. The highest BCUT2D eigenvalue weighted by Gasteiger charge is 2.54. The van der Waals surface area contributed by atoms with Gasteiger partial charge in [-0.1, -0.05) is 6.07 Å². The van der Waals surface area contributed by atoms with Crippen LogP contribution in [0.25, 0.3) is 0 Å². The lowest BCUT2D eigenvalue weighted by atomic mass is 9.52. The standard InChI is InChI=1S/C21H29N3OS/c1-23(14-19-4-2-7-26-19)15-20(25)24(6-3-5-22)21-11-16-8-17(12-21)10-18(9-16)13-21/h2,4,7,16-18H,3,6,8-15H2,1H3/p+1. The van der Waals surface area contributed by atoms with Gasteiger partial charge in [0.05, 0.1) is 24.4 Å². The first kappa shape index (κ1) is 18.0. The van der Waals surface area contributed by atoms with E-state index in [1.54, 1.807) is 11.3 Å². The number of hydrogen-bond donors (Lipinski definition) is 1. The van der Waals surface area contributed by atoms with Crippen molar-refractivity contribution in [3.05, 3.63) is 22.4 Å². The fourth-order valence-electron chi connectivity index (χ4n) is 6.31. The van der Waals surface area contributed by atoms with Gasteiger partial charge in [0.25, 0.3) is 5.91 Å². The molecule has 1 amide bonds. The molecular weight excluding hydrogens is 342 g/mol. The van der Waals surface area contributed by atoms with Gasteiger partial charge in [0.15, 0.2) is 6.54 Å². The minimum atomic E-state index is 0.0614. The average Bonchev–Trinajstić information content (AvgIpc) is 3.06. The molecule has 1 heterocycles. The lowest BCUT2D eigenvalue weighted by molar-refractivity contribution is -0.885. The Morgan fingerprint density at radius 1 is 1.31 bits per heavy atom. The zero-order valence-electron chi connectivity index (χ0n) is 15.7. The third kappa shape index (κ3) is 3.54. The van der Waals surface area contributed by atoms with Crippen LogP contribution in [0.1, 0.15) is 49.8 Å². The first-order valence-corrected chi connectivity index (χ1v) is 11.0. The van der Waals surface area contributed by atoms with Crippen molar-refractivity contribution in [3.8, 4) is 6.07 Å². The smallest absolute Gasteiger partial charge is 0.278 e. The molecule has 1 aromatic rings. The molecule has 0 radical (unpaired) electrons. The van der Waals surface area contributed by atoms with E-state index < -0.39 is 0 Å². The average molecular weight is 373 g/mol. The Morgan fingerprint density at radius 3 is 2.50 bits per heavy atom. The molecular formula is C21H30N3OS+. The summed E-state index contributed by atoms with van der Waals surface area (Å²) in [6.45, 7) is 2.05. The van der Waals surface area contributed by atoms with Crippen LogP contribution >= 0.6 is 11.3 Å². The number of quaternary nitrogens is 1. The van der Waals surface area contributed by atoms with Gasteiger partial charge in [-0.05, 0) is 67.7 Å². The minimum absolute atomic E-state index is 0.0614. The fourth-order valence-corrected chi connectivity index (χ4v) is 7.13. The number of carbonyl (C=O) groups excluding carboxylic acids is 1. The SMILES string of the molecule is C[NH+](CC(=O)N(CCC#N)C12CC3CC(CC(C3)C1)C2)Cc1cccs1. The summed E-state index contributed by atoms with van der Waals surface area (Å²) in [4.78, 5) is 18.0. The summed E-state index contributed by atoms with van der Waals surface area (Å²) in [6.07, 6.45) is 8.13. The Balaban J connectivity index is 1.47.